The van der Waals surface area contributed by atoms with Crippen molar-refractivity contribution in [3.63, 3.8) is 0 Å². The smallest absolute Gasteiger partial charge is 0.376 e. The average Bonchev–Trinajstić information content (AvgIpc) is 2.41. The minimum atomic E-state index is -4.21. The van der Waals surface area contributed by atoms with Crippen LogP contribution in [-0.2, 0) is 11.3 Å². The lowest BCUT2D eigenvalue weighted by molar-refractivity contribution is -0.146. The number of rotatable bonds is 5. The number of aromatic nitrogens is 1. The van der Waals surface area contributed by atoms with E-state index in [2.05, 4.69) is 10.4 Å². The molecular weight excluding hydrogens is 271 g/mol. The van der Waals surface area contributed by atoms with Crippen LogP contribution in [0, 0.1) is 0 Å². The number of nitrogens with zero attached hydrogens (tertiary/aromatic N) is 1. The number of alkyl halides is 3. The number of fused-ring (bicyclic) bond motifs is 1. The first-order valence-corrected chi connectivity index (χ1v) is 5.99. The number of hydrazine groups is 1. The van der Waals surface area contributed by atoms with Crippen LogP contribution in [0.15, 0.2) is 30.3 Å². The number of anilines is 1. The number of benzene rings is 1. The van der Waals surface area contributed by atoms with Gasteiger partial charge in [0.1, 0.15) is 5.82 Å². The number of para-hydroxylation sites is 1. The number of hydrogen-bond acceptors (Lipinski definition) is 4. The van der Waals surface area contributed by atoms with Crippen LogP contribution in [0.4, 0.5) is 19.0 Å². The molecule has 4 nitrogen and oxygen atoms in total. The summed E-state index contributed by atoms with van der Waals surface area (Å²) in [5.41, 5.74) is 3.80. The van der Waals surface area contributed by atoms with Crippen molar-refractivity contribution in [1.82, 2.24) is 4.98 Å². The molecule has 0 spiro atoms. The van der Waals surface area contributed by atoms with Gasteiger partial charge in [0.2, 0.25) is 0 Å². The Balaban J connectivity index is 2.08. The Morgan fingerprint density at radius 2 is 2.00 bits per heavy atom. The Morgan fingerprint density at radius 3 is 2.70 bits per heavy atom. The maximum absolute atomic E-state index is 12.0. The van der Waals surface area contributed by atoms with E-state index in [1.165, 1.54) is 0 Å². The average molecular weight is 285 g/mol. The molecule has 1 heterocycles. The molecule has 0 aliphatic heterocycles. The summed E-state index contributed by atoms with van der Waals surface area (Å²) in [6.45, 7) is -0.367. The lowest BCUT2D eigenvalue weighted by atomic mass is 10.1. The molecule has 2 aromatic rings. The number of pyridine rings is 1. The van der Waals surface area contributed by atoms with Crippen molar-refractivity contribution in [2.24, 2.45) is 5.84 Å². The Hall–Kier alpha value is -1.86. The van der Waals surface area contributed by atoms with E-state index in [4.69, 9.17) is 10.6 Å². The fourth-order valence-electron chi connectivity index (χ4n) is 1.76. The number of nitrogens with one attached hydrogen (secondary N) is 1. The molecule has 0 unspecified atom stereocenters. The SMILES string of the molecule is NNc1nc2ccccc2cc1COCCC(F)(F)F. The molecule has 0 bridgehead atoms. The van der Waals surface area contributed by atoms with Crippen LogP contribution in [0.2, 0.25) is 0 Å². The predicted molar refractivity (Wildman–Crippen MR) is 69.9 cm³/mol. The van der Waals surface area contributed by atoms with Crippen molar-refractivity contribution in [3.05, 3.63) is 35.9 Å². The molecular formula is C13H14F3N3O. The summed E-state index contributed by atoms with van der Waals surface area (Å²) in [6.07, 6.45) is -5.18. The summed E-state index contributed by atoms with van der Waals surface area (Å²) in [5, 5.41) is 0.876. The fourth-order valence-corrected chi connectivity index (χ4v) is 1.76. The van der Waals surface area contributed by atoms with Gasteiger partial charge in [0.25, 0.3) is 0 Å². The molecule has 20 heavy (non-hydrogen) atoms. The zero-order valence-electron chi connectivity index (χ0n) is 10.6. The van der Waals surface area contributed by atoms with E-state index < -0.39 is 12.6 Å². The highest BCUT2D eigenvalue weighted by Gasteiger charge is 2.26. The lowest BCUT2D eigenvalue weighted by Crippen LogP contribution is -2.14. The molecule has 0 aliphatic carbocycles. The lowest BCUT2D eigenvalue weighted by Gasteiger charge is -2.11. The molecule has 0 saturated carbocycles. The Morgan fingerprint density at radius 1 is 1.25 bits per heavy atom. The molecule has 0 fully saturated rings. The summed E-state index contributed by atoms with van der Waals surface area (Å²) in [5.74, 6) is 5.77. The Labute approximate surface area is 113 Å². The molecule has 0 atom stereocenters. The second kappa shape index (κ2) is 6.06. The third kappa shape index (κ3) is 3.82. The zero-order chi connectivity index (χ0) is 14.6. The Kier molecular flexibility index (Phi) is 4.41. The standard InChI is InChI=1S/C13H14F3N3O/c14-13(15,16)5-6-20-8-10-7-9-3-1-2-4-11(9)18-12(10)19-17/h1-4,7H,5-6,8,17H2,(H,18,19). The molecule has 0 aliphatic rings. The van der Waals surface area contributed by atoms with Crippen LogP contribution in [0.5, 0.6) is 0 Å². The van der Waals surface area contributed by atoms with Crippen LogP contribution < -0.4 is 11.3 Å². The van der Waals surface area contributed by atoms with Gasteiger partial charge in [0, 0.05) is 10.9 Å². The van der Waals surface area contributed by atoms with Gasteiger partial charge >= 0.3 is 6.18 Å². The molecule has 108 valence electrons. The first-order valence-electron chi connectivity index (χ1n) is 5.99. The second-order valence-electron chi connectivity index (χ2n) is 4.25. The predicted octanol–water partition coefficient (Wildman–Crippen LogP) is 2.99. The maximum Gasteiger partial charge on any atom is 0.391 e. The van der Waals surface area contributed by atoms with Crippen molar-refractivity contribution >= 4 is 16.7 Å². The summed E-state index contributed by atoms with van der Waals surface area (Å²) in [6, 6.07) is 9.18. The van der Waals surface area contributed by atoms with Gasteiger partial charge in [-0.25, -0.2) is 10.8 Å². The van der Waals surface area contributed by atoms with Crippen LogP contribution >= 0.6 is 0 Å². The Bertz CT molecular complexity index is 587. The summed E-state index contributed by atoms with van der Waals surface area (Å²) in [7, 11) is 0. The zero-order valence-corrected chi connectivity index (χ0v) is 10.6. The molecule has 0 radical (unpaired) electrons. The number of hydrogen-bond donors (Lipinski definition) is 2. The first-order chi connectivity index (χ1) is 9.49. The topological polar surface area (TPSA) is 60.2 Å². The van der Waals surface area contributed by atoms with E-state index >= 15 is 0 Å². The second-order valence-corrected chi connectivity index (χ2v) is 4.25. The fraction of sp³-hybridized carbons (Fsp3) is 0.308. The highest BCUT2D eigenvalue weighted by atomic mass is 19.4. The molecule has 0 saturated heterocycles. The van der Waals surface area contributed by atoms with Gasteiger partial charge in [-0.1, -0.05) is 18.2 Å². The van der Waals surface area contributed by atoms with Gasteiger partial charge in [0.15, 0.2) is 0 Å². The van der Waals surface area contributed by atoms with Crippen LogP contribution in [-0.4, -0.2) is 17.8 Å². The molecule has 0 amide bonds. The van der Waals surface area contributed by atoms with Gasteiger partial charge < -0.3 is 10.2 Å². The van der Waals surface area contributed by atoms with E-state index in [9.17, 15) is 13.2 Å². The number of nitrogens with two attached hydrogens (primary N) is 1. The maximum atomic E-state index is 12.0. The summed E-state index contributed by atoms with van der Waals surface area (Å²) < 4.78 is 41.1. The monoisotopic (exact) mass is 285 g/mol. The minimum absolute atomic E-state index is 0.0213. The third-order valence-corrected chi connectivity index (χ3v) is 2.73. The molecule has 2 rings (SSSR count). The van der Waals surface area contributed by atoms with E-state index in [0.29, 0.717) is 11.4 Å². The largest absolute Gasteiger partial charge is 0.391 e. The number of ether oxygens (including phenoxy) is 1. The molecule has 3 N–H and O–H groups in total. The molecule has 7 heteroatoms. The number of nitrogen functional groups attached to an aromatic ring is 1. The first kappa shape index (κ1) is 14.5. The van der Waals surface area contributed by atoms with Gasteiger partial charge in [-0.2, -0.15) is 13.2 Å². The summed E-state index contributed by atoms with van der Waals surface area (Å²) in [4.78, 5) is 4.28. The number of halogens is 3. The van der Waals surface area contributed by atoms with Crippen molar-refractivity contribution < 1.29 is 17.9 Å². The van der Waals surface area contributed by atoms with Crippen molar-refractivity contribution in [2.75, 3.05) is 12.0 Å². The van der Waals surface area contributed by atoms with Gasteiger partial charge in [-0.05, 0) is 12.1 Å². The van der Waals surface area contributed by atoms with E-state index in [1.807, 2.05) is 24.3 Å². The van der Waals surface area contributed by atoms with Crippen LogP contribution in [0.3, 0.4) is 0 Å². The van der Waals surface area contributed by atoms with Gasteiger partial charge in [-0.15, -0.1) is 0 Å². The van der Waals surface area contributed by atoms with E-state index in [1.54, 1.807) is 6.07 Å². The van der Waals surface area contributed by atoms with Crippen LogP contribution in [0.1, 0.15) is 12.0 Å². The van der Waals surface area contributed by atoms with E-state index in [0.717, 1.165) is 10.9 Å². The third-order valence-electron chi connectivity index (χ3n) is 2.73. The molecule has 1 aromatic heterocycles. The van der Waals surface area contributed by atoms with Crippen molar-refractivity contribution in [1.29, 1.82) is 0 Å². The quantitative estimate of drug-likeness (QED) is 0.503. The van der Waals surface area contributed by atoms with Crippen molar-refractivity contribution in [2.45, 2.75) is 19.2 Å². The normalized spacial score (nSPS) is 11.8. The summed E-state index contributed by atoms with van der Waals surface area (Å²) >= 11 is 0. The van der Waals surface area contributed by atoms with Gasteiger partial charge in [-0.3, -0.25) is 0 Å². The van der Waals surface area contributed by atoms with Crippen molar-refractivity contribution in [3.8, 4) is 0 Å². The highest BCUT2D eigenvalue weighted by Crippen LogP contribution is 2.22. The van der Waals surface area contributed by atoms with Gasteiger partial charge in [0.05, 0.1) is 25.2 Å². The van der Waals surface area contributed by atoms with E-state index in [-0.39, 0.29) is 13.2 Å². The highest BCUT2D eigenvalue weighted by molar-refractivity contribution is 5.81. The minimum Gasteiger partial charge on any atom is -0.376 e. The molecule has 1 aromatic carbocycles. The van der Waals surface area contributed by atoms with Crippen LogP contribution in [0.25, 0.3) is 10.9 Å².